The molecule has 0 aliphatic heterocycles. The molecular formula is C9H16Si. The standard InChI is InChI=1S/C8H12Si.CH4/c1-5-9(6-2,7-3)8-4;/h5-8H,1-4H2;1H4. The van der Waals surface area contributed by atoms with E-state index in [1.165, 1.54) is 0 Å². The first-order chi connectivity index (χ1) is 4.24. The van der Waals surface area contributed by atoms with Gasteiger partial charge in [0.1, 0.15) is 8.07 Å². The molecular weight excluding hydrogens is 136 g/mol. The molecule has 0 saturated carbocycles. The predicted octanol–water partition coefficient (Wildman–Crippen LogP) is 2.97. The Hall–Kier alpha value is -0.823. The van der Waals surface area contributed by atoms with Gasteiger partial charge in [-0.15, -0.1) is 26.3 Å². The van der Waals surface area contributed by atoms with Crippen molar-refractivity contribution in [3.8, 4) is 0 Å². The van der Waals surface area contributed by atoms with Gasteiger partial charge in [-0.05, 0) is 0 Å². The van der Waals surface area contributed by atoms with Gasteiger partial charge in [-0.25, -0.2) is 0 Å². The van der Waals surface area contributed by atoms with Crippen LogP contribution in [0.15, 0.2) is 49.1 Å². The van der Waals surface area contributed by atoms with Crippen molar-refractivity contribution in [2.45, 2.75) is 7.43 Å². The lowest BCUT2D eigenvalue weighted by molar-refractivity contribution is 2.08. The molecule has 0 aromatic carbocycles. The van der Waals surface area contributed by atoms with E-state index >= 15 is 0 Å². The fourth-order valence-corrected chi connectivity index (χ4v) is 1.50. The second-order valence-electron chi connectivity index (χ2n) is 1.82. The first kappa shape index (κ1) is 11.9. The van der Waals surface area contributed by atoms with E-state index in [0.717, 1.165) is 0 Å². The highest BCUT2D eigenvalue weighted by atomic mass is 28.3. The van der Waals surface area contributed by atoms with Crippen molar-refractivity contribution >= 4 is 8.07 Å². The topological polar surface area (TPSA) is 0 Å². The first-order valence-electron chi connectivity index (χ1n) is 2.79. The van der Waals surface area contributed by atoms with Gasteiger partial charge < -0.3 is 0 Å². The van der Waals surface area contributed by atoms with Crippen molar-refractivity contribution in [3.63, 3.8) is 0 Å². The minimum atomic E-state index is -1.64. The molecule has 0 fully saturated rings. The summed E-state index contributed by atoms with van der Waals surface area (Å²) in [5, 5.41) is 0. The third-order valence-electron chi connectivity index (χ3n) is 1.41. The molecule has 0 nitrogen and oxygen atoms in total. The minimum absolute atomic E-state index is 0. The van der Waals surface area contributed by atoms with Gasteiger partial charge in [-0.2, -0.15) is 0 Å². The average molecular weight is 152 g/mol. The monoisotopic (exact) mass is 152 g/mol. The Morgan fingerprint density at radius 3 is 0.900 bits per heavy atom. The van der Waals surface area contributed by atoms with E-state index in [4.69, 9.17) is 0 Å². The molecule has 0 rings (SSSR count). The van der Waals surface area contributed by atoms with Crippen molar-refractivity contribution in [2.75, 3.05) is 0 Å². The average Bonchev–Trinajstić information content (AvgIpc) is 1.95. The number of hydrogen-bond donors (Lipinski definition) is 0. The summed E-state index contributed by atoms with van der Waals surface area (Å²) >= 11 is 0. The van der Waals surface area contributed by atoms with Gasteiger partial charge in [0, 0.05) is 0 Å². The summed E-state index contributed by atoms with van der Waals surface area (Å²) in [7, 11) is -1.64. The van der Waals surface area contributed by atoms with Crippen molar-refractivity contribution in [3.05, 3.63) is 49.1 Å². The normalized spacial score (nSPS) is 8.80. The second kappa shape index (κ2) is 5.00. The summed E-state index contributed by atoms with van der Waals surface area (Å²) < 4.78 is 0. The molecule has 0 atom stereocenters. The van der Waals surface area contributed by atoms with Crippen LogP contribution in [0.1, 0.15) is 7.43 Å². The maximum Gasteiger partial charge on any atom is 0.148 e. The summed E-state index contributed by atoms with van der Waals surface area (Å²) in [6.45, 7) is 14.8. The van der Waals surface area contributed by atoms with Gasteiger partial charge in [0.25, 0.3) is 0 Å². The van der Waals surface area contributed by atoms with E-state index in [0.29, 0.717) is 0 Å². The van der Waals surface area contributed by atoms with E-state index in [2.05, 4.69) is 26.3 Å². The molecule has 0 aromatic rings. The largest absolute Gasteiger partial charge is 0.148 e. The van der Waals surface area contributed by atoms with Crippen LogP contribution in [0.5, 0.6) is 0 Å². The summed E-state index contributed by atoms with van der Waals surface area (Å²) in [6, 6.07) is 0. The van der Waals surface area contributed by atoms with Crippen molar-refractivity contribution in [1.29, 1.82) is 0 Å². The quantitative estimate of drug-likeness (QED) is 0.543. The molecule has 0 radical (unpaired) electrons. The van der Waals surface area contributed by atoms with Gasteiger partial charge in [0.05, 0.1) is 0 Å². The van der Waals surface area contributed by atoms with Crippen molar-refractivity contribution in [1.82, 2.24) is 0 Å². The Kier molecular flexibility index (Phi) is 5.96. The fraction of sp³-hybridized carbons (Fsp3) is 0.111. The van der Waals surface area contributed by atoms with E-state index in [1.807, 2.05) is 22.8 Å². The molecule has 10 heavy (non-hydrogen) atoms. The fourth-order valence-electron chi connectivity index (χ4n) is 0.500. The SMILES string of the molecule is C.C=C[Si](C=C)(C=C)C=C. The zero-order valence-corrected chi connectivity index (χ0v) is 6.64. The van der Waals surface area contributed by atoms with Gasteiger partial charge in [0.2, 0.25) is 0 Å². The Bertz CT molecular complexity index is 107. The molecule has 0 aliphatic carbocycles. The maximum atomic E-state index is 3.69. The summed E-state index contributed by atoms with van der Waals surface area (Å²) in [6.07, 6.45) is 0. The van der Waals surface area contributed by atoms with E-state index in [-0.39, 0.29) is 7.43 Å². The van der Waals surface area contributed by atoms with Crippen LogP contribution in [0.2, 0.25) is 0 Å². The van der Waals surface area contributed by atoms with Crippen LogP contribution in [0.3, 0.4) is 0 Å². The molecule has 0 bridgehead atoms. The van der Waals surface area contributed by atoms with Crippen molar-refractivity contribution < 1.29 is 0 Å². The van der Waals surface area contributed by atoms with E-state index < -0.39 is 8.07 Å². The van der Waals surface area contributed by atoms with Crippen LogP contribution in [0.25, 0.3) is 0 Å². The highest BCUT2D eigenvalue weighted by Gasteiger charge is 2.14. The molecule has 56 valence electrons. The Balaban J connectivity index is 0. The third kappa shape index (κ3) is 2.19. The van der Waals surface area contributed by atoms with Crippen LogP contribution in [0, 0.1) is 0 Å². The predicted molar refractivity (Wildman–Crippen MR) is 53.3 cm³/mol. The lowest BCUT2D eigenvalue weighted by atomic mass is 11.2. The van der Waals surface area contributed by atoms with Crippen LogP contribution in [-0.2, 0) is 0 Å². The molecule has 0 spiro atoms. The van der Waals surface area contributed by atoms with Gasteiger partial charge in [-0.3, -0.25) is 0 Å². The summed E-state index contributed by atoms with van der Waals surface area (Å²) in [5.74, 6) is 0. The number of hydrogen-bond acceptors (Lipinski definition) is 0. The number of rotatable bonds is 4. The van der Waals surface area contributed by atoms with Crippen LogP contribution in [0.4, 0.5) is 0 Å². The van der Waals surface area contributed by atoms with Crippen LogP contribution >= 0.6 is 0 Å². The van der Waals surface area contributed by atoms with Gasteiger partial charge >= 0.3 is 0 Å². The highest BCUT2D eigenvalue weighted by molar-refractivity contribution is 6.97. The first-order valence-corrected chi connectivity index (χ1v) is 5.10. The lowest BCUT2D eigenvalue weighted by Crippen LogP contribution is -2.22. The third-order valence-corrected chi connectivity index (χ3v) is 4.24. The Labute approximate surface area is 65.3 Å². The smallest absolute Gasteiger partial charge is 0.106 e. The molecule has 1 heteroatoms. The second-order valence-corrected chi connectivity index (χ2v) is 5.45. The van der Waals surface area contributed by atoms with Crippen LogP contribution < -0.4 is 0 Å². The Morgan fingerprint density at radius 2 is 0.900 bits per heavy atom. The molecule has 0 heterocycles. The molecule has 0 unspecified atom stereocenters. The van der Waals surface area contributed by atoms with Crippen LogP contribution in [-0.4, -0.2) is 8.07 Å². The summed E-state index contributed by atoms with van der Waals surface area (Å²) in [5.41, 5.74) is 7.56. The molecule has 0 N–H and O–H groups in total. The van der Waals surface area contributed by atoms with Gasteiger partial charge in [0.15, 0.2) is 0 Å². The van der Waals surface area contributed by atoms with E-state index in [9.17, 15) is 0 Å². The molecule has 0 aromatic heterocycles. The zero-order valence-electron chi connectivity index (χ0n) is 5.64. The minimum Gasteiger partial charge on any atom is -0.106 e. The van der Waals surface area contributed by atoms with Gasteiger partial charge in [-0.1, -0.05) is 30.2 Å². The zero-order chi connectivity index (χ0) is 7.33. The molecule has 0 aliphatic rings. The Morgan fingerprint density at radius 1 is 0.700 bits per heavy atom. The lowest BCUT2D eigenvalue weighted by Gasteiger charge is -2.11. The highest BCUT2D eigenvalue weighted by Crippen LogP contribution is 2.06. The molecule has 0 saturated heterocycles. The van der Waals surface area contributed by atoms with Crippen molar-refractivity contribution in [2.24, 2.45) is 0 Å². The van der Waals surface area contributed by atoms with E-state index in [1.54, 1.807) is 0 Å². The summed E-state index contributed by atoms with van der Waals surface area (Å²) in [4.78, 5) is 0. The maximum absolute atomic E-state index is 3.69. The molecule has 0 amide bonds.